The van der Waals surface area contributed by atoms with Crippen LogP contribution in [0.1, 0.15) is 36.0 Å². The van der Waals surface area contributed by atoms with Gasteiger partial charge >= 0.3 is 0 Å². The molecule has 0 bridgehead atoms. The number of hydrogen-bond acceptors (Lipinski definition) is 2. The van der Waals surface area contributed by atoms with Crippen LogP contribution in [-0.4, -0.2) is 30.3 Å². The molecule has 0 atom stereocenters. The Balaban J connectivity index is 1.96. The third-order valence-corrected chi connectivity index (χ3v) is 3.49. The van der Waals surface area contributed by atoms with Crippen molar-refractivity contribution < 1.29 is 9.18 Å². The van der Waals surface area contributed by atoms with E-state index in [2.05, 4.69) is 4.90 Å². The van der Waals surface area contributed by atoms with E-state index in [-0.39, 0.29) is 11.6 Å². The molecule has 1 aliphatic carbocycles. The first-order valence-corrected chi connectivity index (χ1v) is 6.16. The molecule has 0 aliphatic heterocycles. The maximum atomic E-state index is 13.0. The Hall–Kier alpha value is -1.22. The minimum Gasteiger partial charge on any atom is -0.296 e. The van der Waals surface area contributed by atoms with Crippen molar-refractivity contribution in [3.8, 4) is 0 Å². The topological polar surface area (TPSA) is 20.3 Å². The summed E-state index contributed by atoms with van der Waals surface area (Å²) in [5.74, 6) is -0.349. The Morgan fingerprint density at radius 3 is 2.76 bits per heavy atom. The summed E-state index contributed by atoms with van der Waals surface area (Å²) in [6, 6.07) is 6.45. The van der Waals surface area contributed by atoms with Crippen LogP contribution in [-0.2, 0) is 0 Å². The summed E-state index contributed by atoms with van der Waals surface area (Å²) >= 11 is 0. The molecule has 0 heterocycles. The standard InChI is InChI=1S/C14H18FNO/c1-16(13-7-2-3-8-13)10-14(17)11-5-4-6-12(15)9-11/h4-6,9,13H,2-3,7-8,10H2,1H3. The molecule has 1 fully saturated rings. The van der Waals surface area contributed by atoms with E-state index in [1.807, 2.05) is 7.05 Å². The maximum Gasteiger partial charge on any atom is 0.176 e. The molecule has 0 saturated heterocycles. The Bertz CT molecular complexity index is 399. The lowest BCUT2D eigenvalue weighted by Crippen LogP contribution is -2.34. The second kappa shape index (κ2) is 5.41. The Labute approximate surface area is 101 Å². The zero-order valence-corrected chi connectivity index (χ0v) is 10.2. The zero-order valence-electron chi connectivity index (χ0n) is 10.2. The number of hydrogen-bond donors (Lipinski definition) is 0. The number of nitrogens with zero attached hydrogens (tertiary/aromatic N) is 1. The summed E-state index contributed by atoms with van der Waals surface area (Å²) in [5.41, 5.74) is 0.467. The molecule has 0 aromatic heterocycles. The number of Topliss-reactive ketones (excluding diaryl/α,β-unsaturated/α-hetero) is 1. The van der Waals surface area contributed by atoms with Crippen LogP contribution in [0.4, 0.5) is 4.39 Å². The van der Waals surface area contributed by atoms with E-state index in [4.69, 9.17) is 0 Å². The lowest BCUT2D eigenvalue weighted by Gasteiger charge is -2.23. The van der Waals surface area contributed by atoms with Crippen molar-refractivity contribution >= 4 is 5.78 Å². The minimum absolute atomic E-state index is 0.00102. The molecule has 1 aromatic carbocycles. The van der Waals surface area contributed by atoms with Crippen LogP contribution in [0.25, 0.3) is 0 Å². The molecule has 0 N–H and O–H groups in total. The van der Waals surface area contributed by atoms with Gasteiger partial charge in [0.25, 0.3) is 0 Å². The van der Waals surface area contributed by atoms with Crippen molar-refractivity contribution in [1.82, 2.24) is 4.90 Å². The van der Waals surface area contributed by atoms with Gasteiger partial charge in [-0.1, -0.05) is 25.0 Å². The molecule has 1 saturated carbocycles. The Morgan fingerprint density at radius 2 is 2.12 bits per heavy atom. The largest absolute Gasteiger partial charge is 0.296 e. The van der Waals surface area contributed by atoms with Crippen molar-refractivity contribution in [2.45, 2.75) is 31.7 Å². The fourth-order valence-electron chi connectivity index (χ4n) is 2.45. The molecule has 2 rings (SSSR count). The van der Waals surface area contributed by atoms with E-state index in [0.29, 0.717) is 18.2 Å². The first-order valence-electron chi connectivity index (χ1n) is 6.16. The van der Waals surface area contributed by atoms with Crippen molar-refractivity contribution in [2.75, 3.05) is 13.6 Å². The van der Waals surface area contributed by atoms with Gasteiger partial charge in [0.2, 0.25) is 0 Å². The van der Waals surface area contributed by atoms with Gasteiger partial charge in [-0.2, -0.15) is 0 Å². The van der Waals surface area contributed by atoms with Gasteiger partial charge in [0.15, 0.2) is 5.78 Å². The summed E-state index contributed by atoms with van der Waals surface area (Å²) in [7, 11) is 1.98. The SMILES string of the molecule is CN(CC(=O)c1cccc(F)c1)C1CCCC1. The second-order valence-electron chi connectivity index (χ2n) is 4.79. The van der Waals surface area contributed by atoms with Gasteiger partial charge in [0.1, 0.15) is 5.82 Å². The summed E-state index contributed by atoms with van der Waals surface area (Å²) in [5, 5.41) is 0. The van der Waals surface area contributed by atoms with E-state index >= 15 is 0 Å². The van der Waals surface area contributed by atoms with Crippen LogP contribution in [0.15, 0.2) is 24.3 Å². The maximum absolute atomic E-state index is 13.0. The van der Waals surface area contributed by atoms with E-state index in [1.54, 1.807) is 12.1 Å². The summed E-state index contributed by atoms with van der Waals surface area (Å²) in [6.45, 7) is 0.383. The van der Waals surface area contributed by atoms with Gasteiger partial charge < -0.3 is 0 Å². The minimum atomic E-state index is -0.348. The molecular weight excluding hydrogens is 217 g/mol. The molecule has 1 aliphatic rings. The van der Waals surface area contributed by atoms with Crippen LogP contribution in [0.2, 0.25) is 0 Å². The van der Waals surface area contributed by atoms with Crippen molar-refractivity contribution in [1.29, 1.82) is 0 Å². The quantitative estimate of drug-likeness (QED) is 0.748. The first kappa shape index (κ1) is 12.2. The molecule has 0 unspecified atom stereocenters. The van der Waals surface area contributed by atoms with Crippen LogP contribution < -0.4 is 0 Å². The number of rotatable bonds is 4. The second-order valence-corrected chi connectivity index (χ2v) is 4.79. The molecule has 0 spiro atoms. The van der Waals surface area contributed by atoms with Gasteiger partial charge in [0, 0.05) is 11.6 Å². The predicted octanol–water partition coefficient (Wildman–Crippen LogP) is 2.88. The highest BCUT2D eigenvalue weighted by atomic mass is 19.1. The number of carbonyl (C=O) groups excluding carboxylic acids is 1. The average molecular weight is 235 g/mol. The molecular formula is C14H18FNO. The third-order valence-electron chi connectivity index (χ3n) is 3.49. The van der Waals surface area contributed by atoms with E-state index in [0.717, 1.165) is 0 Å². The monoisotopic (exact) mass is 235 g/mol. The fourth-order valence-corrected chi connectivity index (χ4v) is 2.45. The van der Waals surface area contributed by atoms with Gasteiger partial charge in [-0.05, 0) is 32.0 Å². The Kier molecular flexibility index (Phi) is 3.89. The van der Waals surface area contributed by atoms with Crippen molar-refractivity contribution in [2.24, 2.45) is 0 Å². The summed E-state index contributed by atoms with van der Waals surface area (Å²) < 4.78 is 13.0. The van der Waals surface area contributed by atoms with Gasteiger partial charge in [-0.25, -0.2) is 4.39 Å². The molecule has 0 amide bonds. The number of ketones is 1. The number of carbonyl (C=O) groups is 1. The number of benzene rings is 1. The van der Waals surface area contributed by atoms with Gasteiger partial charge in [0.05, 0.1) is 6.54 Å². The Morgan fingerprint density at radius 1 is 1.41 bits per heavy atom. The van der Waals surface area contributed by atoms with Crippen LogP contribution >= 0.6 is 0 Å². The van der Waals surface area contributed by atoms with E-state index < -0.39 is 0 Å². The lowest BCUT2D eigenvalue weighted by molar-refractivity contribution is 0.0920. The lowest BCUT2D eigenvalue weighted by atomic mass is 10.1. The van der Waals surface area contributed by atoms with Crippen molar-refractivity contribution in [3.63, 3.8) is 0 Å². The van der Waals surface area contributed by atoms with Crippen molar-refractivity contribution in [3.05, 3.63) is 35.6 Å². The van der Waals surface area contributed by atoms with Crippen LogP contribution in [0, 0.1) is 5.82 Å². The zero-order chi connectivity index (χ0) is 12.3. The van der Waals surface area contributed by atoms with Crippen LogP contribution in [0.5, 0.6) is 0 Å². The normalized spacial score (nSPS) is 16.6. The smallest absolute Gasteiger partial charge is 0.176 e. The highest BCUT2D eigenvalue weighted by Gasteiger charge is 2.21. The van der Waals surface area contributed by atoms with Gasteiger partial charge in [-0.15, -0.1) is 0 Å². The molecule has 2 nitrogen and oxygen atoms in total. The fraction of sp³-hybridized carbons (Fsp3) is 0.500. The first-order chi connectivity index (χ1) is 8.16. The average Bonchev–Trinajstić information content (AvgIpc) is 2.82. The molecule has 1 aromatic rings. The number of halogens is 1. The van der Waals surface area contributed by atoms with E-state index in [9.17, 15) is 9.18 Å². The summed E-state index contributed by atoms with van der Waals surface area (Å²) in [4.78, 5) is 14.1. The summed E-state index contributed by atoms with van der Waals surface area (Å²) in [6.07, 6.45) is 4.85. The molecule has 92 valence electrons. The highest BCUT2D eigenvalue weighted by Crippen LogP contribution is 2.22. The highest BCUT2D eigenvalue weighted by molar-refractivity contribution is 5.97. The van der Waals surface area contributed by atoms with Crippen LogP contribution in [0.3, 0.4) is 0 Å². The third kappa shape index (κ3) is 3.13. The van der Waals surface area contributed by atoms with Gasteiger partial charge in [-0.3, -0.25) is 9.69 Å². The molecule has 3 heteroatoms. The number of likely N-dealkylation sites (N-methyl/N-ethyl adjacent to an activating group) is 1. The van der Waals surface area contributed by atoms with E-state index in [1.165, 1.54) is 37.8 Å². The molecule has 0 radical (unpaired) electrons. The predicted molar refractivity (Wildman–Crippen MR) is 65.6 cm³/mol. The molecule has 17 heavy (non-hydrogen) atoms.